The van der Waals surface area contributed by atoms with Crippen LogP contribution in [0.25, 0.3) is 0 Å². The van der Waals surface area contributed by atoms with Gasteiger partial charge in [0.1, 0.15) is 35.6 Å². The van der Waals surface area contributed by atoms with Crippen LogP contribution in [-0.2, 0) is 50.1 Å². The van der Waals surface area contributed by atoms with E-state index in [1.54, 1.807) is 18.9 Å². The highest BCUT2D eigenvalue weighted by Gasteiger charge is 2.49. The average molecular weight is 663 g/mol. The minimum Gasteiger partial charge on any atom is -0.497 e. The first-order valence-corrected chi connectivity index (χ1v) is 17.2. The molecule has 1 fully saturated rings. The highest BCUT2D eigenvalue weighted by molar-refractivity contribution is 7.99. The van der Waals surface area contributed by atoms with E-state index >= 15 is 0 Å². The smallest absolute Gasteiger partial charge is 0.137 e. The van der Waals surface area contributed by atoms with Gasteiger partial charge in [0, 0.05) is 4.90 Å². The van der Waals surface area contributed by atoms with E-state index in [0.29, 0.717) is 33.0 Å². The van der Waals surface area contributed by atoms with Gasteiger partial charge in [-0.2, -0.15) is 0 Å². The first-order valence-electron chi connectivity index (χ1n) is 16.3. The van der Waals surface area contributed by atoms with Crippen molar-refractivity contribution in [1.29, 1.82) is 0 Å². The molecule has 6 nitrogen and oxygen atoms in total. The van der Waals surface area contributed by atoms with Gasteiger partial charge in [-0.1, -0.05) is 133 Å². The fraction of sp³-hybridized carbons (Fsp3) is 0.268. The molecule has 5 aromatic carbocycles. The zero-order valence-corrected chi connectivity index (χ0v) is 28.0. The Labute approximate surface area is 287 Å². The highest BCUT2D eigenvalue weighted by Crippen LogP contribution is 2.38. The van der Waals surface area contributed by atoms with Crippen molar-refractivity contribution in [3.05, 3.63) is 168 Å². The molecule has 0 aliphatic carbocycles. The number of hydrogen-bond donors (Lipinski definition) is 0. The van der Waals surface area contributed by atoms with Gasteiger partial charge in [0.25, 0.3) is 0 Å². The molecule has 1 heterocycles. The van der Waals surface area contributed by atoms with Gasteiger partial charge >= 0.3 is 0 Å². The molecular weight excluding hydrogens is 621 g/mol. The van der Waals surface area contributed by atoms with Crippen LogP contribution in [0.1, 0.15) is 22.3 Å². The van der Waals surface area contributed by atoms with Crippen LogP contribution in [0.15, 0.2) is 150 Å². The quantitative estimate of drug-likeness (QED) is 0.105. The molecule has 0 radical (unpaired) electrons. The lowest BCUT2D eigenvalue weighted by molar-refractivity contribution is -0.254. The van der Waals surface area contributed by atoms with Crippen LogP contribution in [-0.4, -0.2) is 43.6 Å². The topological polar surface area (TPSA) is 55.4 Å². The number of methoxy groups -OCH3 is 1. The molecule has 0 bridgehead atoms. The van der Waals surface area contributed by atoms with E-state index < -0.39 is 24.4 Å². The van der Waals surface area contributed by atoms with Crippen LogP contribution in [0.4, 0.5) is 0 Å². The van der Waals surface area contributed by atoms with Crippen LogP contribution in [0.3, 0.4) is 0 Å². The van der Waals surface area contributed by atoms with E-state index in [0.717, 1.165) is 32.9 Å². The van der Waals surface area contributed by atoms with E-state index in [2.05, 4.69) is 48.5 Å². The van der Waals surface area contributed by atoms with Crippen LogP contribution < -0.4 is 4.74 Å². The summed E-state index contributed by atoms with van der Waals surface area (Å²) in [6.45, 7) is 1.96. The third-order valence-electron chi connectivity index (χ3n) is 8.15. The van der Waals surface area contributed by atoms with E-state index in [1.165, 1.54) is 0 Å². The Morgan fingerprint density at radius 3 is 1.48 bits per heavy atom. The molecule has 7 heteroatoms. The van der Waals surface area contributed by atoms with Crippen LogP contribution in [0.2, 0.25) is 0 Å². The summed E-state index contributed by atoms with van der Waals surface area (Å²) in [5.74, 6) is 0.810. The molecule has 5 aromatic rings. The second kappa shape index (κ2) is 18.0. The summed E-state index contributed by atoms with van der Waals surface area (Å²) < 4.78 is 39.0. The first kappa shape index (κ1) is 33.9. The fourth-order valence-electron chi connectivity index (χ4n) is 5.62. The molecule has 1 saturated heterocycles. The zero-order chi connectivity index (χ0) is 32.8. The highest BCUT2D eigenvalue weighted by atomic mass is 32.2. The Kier molecular flexibility index (Phi) is 12.7. The molecular formula is C41H42O6S. The van der Waals surface area contributed by atoms with Gasteiger partial charge in [-0.05, 0) is 46.5 Å². The molecule has 0 unspecified atom stereocenters. The summed E-state index contributed by atoms with van der Waals surface area (Å²) in [7, 11) is 1.67. The summed E-state index contributed by atoms with van der Waals surface area (Å²) in [6, 6.07) is 48.8. The molecule has 0 aromatic heterocycles. The average Bonchev–Trinajstić information content (AvgIpc) is 3.15. The number of rotatable bonds is 16. The van der Waals surface area contributed by atoms with Crippen molar-refractivity contribution < 1.29 is 28.4 Å². The number of ether oxygens (including phenoxy) is 6. The van der Waals surface area contributed by atoms with Gasteiger partial charge in [-0.3, -0.25) is 0 Å². The van der Waals surface area contributed by atoms with Crippen molar-refractivity contribution in [2.24, 2.45) is 0 Å². The maximum absolute atomic E-state index is 6.94. The van der Waals surface area contributed by atoms with Crippen molar-refractivity contribution in [2.75, 3.05) is 13.7 Å². The minimum absolute atomic E-state index is 0.313. The molecule has 5 atom stereocenters. The second-order valence-electron chi connectivity index (χ2n) is 11.6. The van der Waals surface area contributed by atoms with Crippen molar-refractivity contribution in [3.8, 4) is 5.75 Å². The third-order valence-corrected chi connectivity index (χ3v) is 9.31. The van der Waals surface area contributed by atoms with Crippen molar-refractivity contribution >= 4 is 11.8 Å². The van der Waals surface area contributed by atoms with Gasteiger partial charge in [0.2, 0.25) is 0 Å². The minimum atomic E-state index is -0.474. The molecule has 6 rings (SSSR count). The van der Waals surface area contributed by atoms with Gasteiger partial charge in [-0.15, -0.1) is 0 Å². The number of hydrogen-bond acceptors (Lipinski definition) is 7. The lowest BCUT2D eigenvalue weighted by Crippen LogP contribution is -2.60. The number of thioether (sulfide) groups is 1. The van der Waals surface area contributed by atoms with Crippen LogP contribution in [0, 0.1) is 0 Å². The number of benzene rings is 5. The van der Waals surface area contributed by atoms with Crippen molar-refractivity contribution in [3.63, 3.8) is 0 Å². The summed E-state index contributed by atoms with van der Waals surface area (Å²) >= 11 is 1.64. The van der Waals surface area contributed by atoms with Gasteiger partial charge in [-0.25, -0.2) is 0 Å². The Morgan fingerprint density at radius 1 is 0.500 bits per heavy atom. The maximum atomic E-state index is 6.94. The van der Waals surface area contributed by atoms with Crippen molar-refractivity contribution in [2.45, 2.75) is 61.2 Å². The summed E-state index contributed by atoms with van der Waals surface area (Å²) in [4.78, 5) is 1.08. The summed E-state index contributed by atoms with van der Waals surface area (Å²) in [6.07, 6.45) is -1.80. The SMILES string of the molecule is COc1ccc(COC[C@H]2O[C@@H](Sc3ccccc3)[C@H](OCc3ccccc3)[C@@H](OCc3ccccc3)[C@@H]2OCc2ccccc2)cc1. The van der Waals surface area contributed by atoms with E-state index in [-0.39, 0.29) is 5.44 Å². The molecule has 1 aliphatic heterocycles. The van der Waals surface area contributed by atoms with Crippen LogP contribution in [0.5, 0.6) is 5.75 Å². The van der Waals surface area contributed by atoms with Gasteiger partial charge in [0.05, 0.1) is 40.1 Å². The molecule has 248 valence electrons. The molecule has 0 N–H and O–H groups in total. The first-order chi connectivity index (χ1) is 23.7. The second-order valence-corrected chi connectivity index (χ2v) is 12.8. The Hall–Kier alpha value is -3.95. The van der Waals surface area contributed by atoms with Crippen LogP contribution >= 0.6 is 11.8 Å². The fourth-order valence-corrected chi connectivity index (χ4v) is 6.77. The maximum Gasteiger partial charge on any atom is 0.137 e. The standard InChI is InChI=1S/C41H42O6S/c1-42-35-24-22-34(23-25-35)26-43-30-37-38(44-27-31-14-6-2-7-15-31)39(45-28-32-16-8-3-9-17-32)40(46-29-33-18-10-4-11-19-33)41(47-37)48-36-20-12-5-13-21-36/h2-25,37-41H,26-30H2,1H3/t37-,38-,39+,40-,41+/m1/s1. The lowest BCUT2D eigenvalue weighted by atomic mass is 9.98. The summed E-state index contributed by atoms with van der Waals surface area (Å²) in [5, 5.41) is 0. The summed E-state index contributed by atoms with van der Waals surface area (Å²) in [5.41, 5.74) is 3.88. The predicted molar refractivity (Wildman–Crippen MR) is 189 cm³/mol. The van der Waals surface area contributed by atoms with Crippen molar-refractivity contribution in [1.82, 2.24) is 0 Å². The Bertz CT molecular complexity index is 1610. The largest absolute Gasteiger partial charge is 0.497 e. The van der Waals surface area contributed by atoms with Gasteiger partial charge in [0.15, 0.2) is 0 Å². The zero-order valence-electron chi connectivity index (χ0n) is 27.1. The van der Waals surface area contributed by atoms with E-state index in [1.807, 2.05) is 97.1 Å². The Balaban J connectivity index is 1.30. The van der Waals surface area contributed by atoms with E-state index in [9.17, 15) is 0 Å². The molecule has 0 amide bonds. The molecule has 48 heavy (non-hydrogen) atoms. The third kappa shape index (κ3) is 9.80. The monoisotopic (exact) mass is 662 g/mol. The molecule has 0 saturated carbocycles. The normalized spacial score (nSPS) is 20.7. The predicted octanol–water partition coefficient (Wildman–Crippen LogP) is 8.49. The van der Waals surface area contributed by atoms with Gasteiger partial charge < -0.3 is 28.4 Å². The van der Waals surface area contributed by atoms with E-state index in [4.69, 9.17) is 28.4 Å². The lowest BCUT2D eigenvalue weighted by Gasteiger charge is -2.46. The molecule has 1 aliphatic rings. The molecule has 0 spiro atoms. The Morgan fingerprint density at radius 2 is 0.958 bits per heavy atom.